The number of unbranched alkanes of at least 4 members (excludes halogenated alkanes) is 1. The van der Waals surface area contributed by atoms with Crippen molar-refractivity contribution < 1.29 is 38.6 Å². The smallest absolute Gasteiger partial charge is 0.497 e. The predicted molar refractivity (Wildman–Crippen MR) is 146 cm³/mol. The monoisotopic (exact) mass is 580 g/mol. The molecule has 2 unspecified atom stereocenters. The summed E-state index contributed by atoms with van der Waals surface area (Å²) >= 11 is 5.42. The van der Waals surface area contributed by atoms with E-state index in [1.165, 1.54) is 21.8 Å². The third kappa shape index (κ3) is 10.2. The first kappa shape index (κ1) is 30.8. The Labute approximate surface area is 218 Å². The second-order valence-electron chi connectivity index (χ2n) is 7.89. The maximum absolute atomic E-state index is 10.1. The van der Waals surface area contributed by atoms with E-state index in [1.807, 2.05) is 31.2 Å². The lowest BCUT2D eigenvalue weighted by atomic mass is 10.2. The molecular formula is C21H33N3O8P3S+3. The van der Waals surface area contributed by atoms with Gasteiger partial charge in [-0.2, -0.15) is 29.4 Å². The van der Waals surface area contributed by atoms with Crippen LogP contribution in [-0.4, -0.2) is 72.2 Å². The molecule has 36 heavy (non-hydrogen) atoms. The van der Waals surface area contributed by atoms with Crippen LogP contribution in [-0.2, 0) is 11.8 Å². The molecular weight excluding hydrogens is 547 g/mol. The van der Waals surface area contributed by atoms with E-state index in [-0.39, 0.29) is 6.54 Å². The highest BCUT2D eigenvalue weighted by atomic mass is 32.4. The zero-order chi connectivity index (χ0) is 26.9. The first-order valence-corrected chi connectivity index (χ1v) is 16.7. The van der Waals surface area contributed by atoms with Crippen molar-refractivity contribution in [2.24, 2.45) is 5.10 Å². The summed E-state index contributed by atoms with van der Waals surface area (Å²) in [5, 5.41) is 4.31. The first-order valence-electron chi connectivity index (χ1n) is 10.9. The van der Waals surface area contributed by atoms with Crippen molar-refractivity contribution >= 4 is 41.0 Å². The molecule has 0 bridgehead atoms. The number of hydrogen-bond acceptors (Lipinski definition) is 11. The fraction of sp³-hybridized carbons (Fsp3) is 0.381. The molecule has 2 atom stereocenters. The van der Waals surface area contributed by atoms with Crippen molar-refractivity contribution in [3.05, 3.63) is 59.7 Å². The standard InChI is InChI=1S/C21H33N3O8P3S/c1-4-5-14-24(16-34(25,26)27)21(35(28,29)30)18-8-12-20(13-9-18)32-33(36)23(2)22-15-17-6-10-19(31-3)11-7-17/h6-13,15,21,25-30H,4-5,14,16H2,1-3H3/q+3/b22-15+. The second-order valence-corrected chi connectivity index (χ2v) is 13.5. The number of methoxy groups -OCH3 is 1. The van der Waals surface area contributed by atoms with Crippen molar-refractivity contribution in [2.45, 2.75) is 25.5 Å². The summed E-state index contributed by atoms with van der Waals surface area (Å²) in [7, 11) is -7.08. The number of ether oxygens (including phenoxy) is 1. The molecule has 2 rings (SSSR count). The molecule has 0 aliphatic rings. The molecule has 2 aromatic rings. The summed E-state index contributed by atoms with van der Waals surface area (Å²) in [4.78, 5) is 60.4. The van der Waals surface area contributed by atoms with Crippen LogP contribution in [0.3, 0.4) is 0 Å². The van der Waals surface area contributed by atoms with E-state index in [0.717, 1.165) is 17.7 Å². The summed E-state index contributed by atoms with van der Waals surface area (Å²) in [5.74, 6) is -0.219. The summed E-state index contributed by atoms with van der Waals surface area (Å²) < 4.78 is 12.4. The molecule has 198 valence electrons. The minimum atomic E-state index is -4.51. The van der Waals surface area contributed by atoms with Crippen LogP contribution < -0.4 is 9.26 Å². The molecule has 0 aliphatic carbocycles. The molecule has 6 N–H and O–H groups in total. The molecule has 0 amide bonds. The minimum absolute atomic E-state index is 0.195. The third-order valence-electron chi connectivity index (χ3n) is 4.93. The van der Waals surface area contributed by atoms with Gasteiger partial charge in [0.25, 0.3) is 0 Å². The Morgan fingerprint density at radius 1 is 1.00 bits per heavy atom. The molecule has 0 spiro atoms. The van der Waals surface area contributed by atoms with Crippen LogP contribution in [0.1, 0.15) is 36.7 Å². The van der Waals surface area contributed by atoms with E-state index < -0.39 is 35.0 Å². The summed E-state index contributed by atoms with van der Waals surface area (Å²) in [6.45, 7) is 2.10. The lowest BCUT2D eigenvalue weighted by Gasteiger charge is -2.29. The Morgan fingerprint density at radius 2 is 1.58 bits per heavy atom. The van der Waals surface area contributed by atoms with Gasteiger partial charge in [0.2, 0.25) is 17.6 Å². The van der Waals surface area contributed by atoms with E-state index >= 15 is 0 Å². The van der Waals surface area contributed by atoms with Crippen LogP contribution in [0.25, 0.3) is 0 Å². The average molecular weight is 580 g/mol. The Kier molecular flexibility index (Phi) is 12.0. The van der Waals surface area contributed by atoms with Crippen LogP contribution in [0.5, 0.6) is 11.5 Å². The quantitative estimate of drug-likeness (QED) is 0.111. The number of nitrogens with zero attached hydrogens (tertiary/aromatic N) is 3. The van der Waals surface area contributed by atoms with Crippen molar-refractivity contribution in [3.8, 4) is 11.5 Å². The van der Waals surface area contributed by atoms with Gasteiger partial charge in [-0.1, -0.05) is 18.1 Å². The minimum Gasteiger partial charge on any atom is -0.497 e. The van der Waals surface area contributed by atoms with E-state index in [9.17, 15) is 29.4 Å². The molecule has 0 aromatic heterocycles. The highest BCUT2D eigenvalue weighted by Gasteiger charge is 2.51. The maximum atomic E-state index is 10.1. The Morgan fingerprint density at radius 3 is 2.08 bits per heavy atom. The molecule has 2 aromatic carbocycles. The summed E-state index contributed by atoms with van der Waals surface area (Å²) in [6, 6.07) is 13.5. The zero-order valence-electron chi connectivity index (χ0n) is 20.2. The molecule has 0 aliphatic heterocycles. The van der Waals surface area contributed by atoms with Gasteiger partial charge in [0.1, 0.15) is 5.75 Å². The van der Waals surface area contributed by atoms with Crippen molar-refractivity contribution in [1.29, 1.82) is 0 Å². The largest absolute Gasteiger partial charge is 0.540 e. The Balaban J connectivity index is 2.13. The number of benzene rings is 2. The fourth-order valence-corrected chi connectivity index (χ4v) is 6.31. The van der Waals surface area contributed by atoms with Gasteiger partial charge < -0.3 is 4.74 Å². The Bertz CT molecular complexity index is 1000. The maximum Gasteiger partial charge on any atom is 0.540 e. The normalized spacial score (nSPS) is 13.7. The number of hydrogen-bond donors (Lipinski definition) is 6. The van der Waals surface area contributed by atoms with Crippen LogP contribution in [0.2, 0.25) is 0 Å². The zero-order valence-corrected chi connectivity index (χ0v) is 23.7. The SMILES string of the molecule is CCCCN(C[P+](O)(O)O)C(c1ccc(O[P+](=S)N(C)/N=C/c2ccc(OC)cc2)cc1)[P+](O)(O)O. The first-order chi connectivity index (χ1) is 16.8. The molecule has 0 saturated heterocycles. The van der Waals surface area contributed by atoms with Gasteiger partial charge in [0.05, 0.1) is 20.4 Å². The van der Waals surface area contributed by atoms with E-state index in [0.29, 0.717) is 17.7 Å². The summed E-state index contributed by atoms with van der Waals surface area (Å²) in [6.07, 6.45) is 2.33. The molecule has 11 nitrogen and oxygen atoms in total. The van der Waals surface area contributed by atoms with Crippen molar-refractivity contribution in [2.75, 3.05) is 27.0 Å². The highest BCUT2D eigenvalue weighted by molar-refractivity contribution is 8.02. The predicted octanol–water partition coefficient (Wildman–Crippen LogP) is 3.35. The number of hydrazone groups is 1. The van der Waals surface area contributed by atoms with Gasteiger partial charge in [-0.25, -0.2) is 4.90 Å². The van der Waals surface area contributed by atoms with Gasteiger partial charge in [0.15, 0.2) is 12.0 Å². The van der Waals surface area contributed by atoms with E-state index in [1.54, 1.807) is 32.5 Å². The Hall–Kier alpha value is -1.39. The van der Waals surface area contributed by atoms with E-state index in [4.69, 9.17) is 21.1 Å². The van der Waals surface area contributed by atoms with Gasteiger partial charge in [-0.15, -0.1) is 5.10 Å². The lowest BCUT2D eigenvalue weighted by Crippen LogP contribution is -2.33. The molecule has 0 saturated carbocycles. The van der Waals surface area contributed by atoms with E-state index in [2.05, 4.69) is 5.10 Å². The average Bonchev–Trinajstić information content (AvgIpc) is 2.80. The summed E-state index contributed by atoms with van der Waals surface area (Å²) in [5.41, 5.74) is 1.15. The fourth-order valence-electron chi connectivity index (χ4n) is 3.24. The highest BCUT2D eigenvalue weighted by Crippen LogP contribution is 2.62. The number of rotatable bonds is 14. The second kappa shape index (κ2) is 14.0. The van der Waals surface area contributed by atoms with Gasteiger partial charge in [-0.05, 0) is 60.5 Å². The van der Waals surface area contributed by atoms with Crippen LogP contribution in [0, 0.1) is 0 Å². The van der Waals surface area contributed by atoms with Crippen molar-refractivity contribution in [1.82, 2.24) is 9.68 Å². The molecule has 0 fully saturated rings. The van der Waals surface area contributed by atoms with Crippen LogP contribution in [0.4, 0.5) is 0 Å². The molecule has 0 radical (unpaired) electrons. The lowest BCUT2D eigenvalue weighted by molar-refractivity contribution is 0.197. The van der Waals surface area contributed by atoms with Crippen LogP contribution in [0.15, 0.2) is 53.6 Å². The van der Waals surface area contributed by atoms with Crippen LogP contribution >= 0.6 is 23.0 Å². The molecule has 15 heteroatoms. The van der Waals surface area contributed by atoms with Gasteiger partial charge in [0, 0.05) is 12.1 Å². The van der Waals surface area contributed by atoms with Crippen molar-refractivity contribution in [3.63, 3.8) is 0 Å². The van der Waals surface area contributed by atoms with Gasteiger partial charge in [-0.3, -0.25) is 4.52 Å². The topological polar surface area (TPSA) is 159 Å². The third-order valence-corrected chi connectivity index (χ3v) is 8.83. The molecule has 0 heterocycles. The van der Waals surface area contributed by atoms with Gasteiger partial charge >= 0.3 is 23.0 Å².